The van der Waals surface area contributed by atoms with Gasteiger partial charge in [-0.05, 0) is 80.5 Å². The van der Waals surface area contributed by atoms with Crippen molar-refractivity contribution in [1.29, 1.82) is 0 Å². The molecule has 1 fully saturated rings. The van der Waals surface area contributed by atoms with E-state index >= 15 is 0 Å². The van der Waals surface area contributed by atoms with Crippen molar-refractivity contribution in [2.75, 3.05) is 46.1 Å². The van der Waals surface area contributed by atoms with Gasteiger partial charge in [-0.15, -0.1) is 0 Å². The first-order chi connectivity index (χ1) is 42.1. The molecule has 4 atom stereocenters. The molecule has 2 unspecified atom stereocenters. The lowest BCUT2D eigenvalue weighted by Crippen LogP contribution is -2.57. The molecule has 456 valence electrons. The SMILES string of the molecule is C[C@@H]1NC(=O)/C=C/C(=O)NC(C(=O)NCCOCCOCCNC(=O)c2ccc3c(c2)C(=O)OC32c3ccc(O)cc3Oc3cc(O)ccc32)CCCCNC(=O)C(Cc2ccc(C(=O)c3ccccc3)cc2)NC(=O)[C@H](CC2CCCCC2)NC1=O. The van der Waals surface area contributed by atoms with Crippen LogP contribution in [0.15, 0.2) is 121 Å². The van der Waals surface area contributed by atoms with E-state index in [0.29, 0.717) is 52.6 Å². The van der Waals surface area contributed by atoms with Crippen LogP contribution in [0.1, 0.15) is 124 Å². The first kappa shape index (κ1) is 62.1. The Balaban J connectivity index is 0.749. The summed E-state index contributed by atoms with van der Waals surface area (Å²) in [6.07, 6.45) is 7.97. The molecule has 9 N–H and O–H groups in total. The Hall–Kier alpha value is -9.41. The number of phenols is 2. The van der Waals surface area contributed by atoms with Gasteiger partial charge in [-0.1, -0.05) is 92.8 Å². The van der Waals surface area contributed by atoms with Crippen molar-refractivity contribution < 1.29 is 72.3 Å². The normalized spacial score (nSPS) is 20.3. The third-order valence-corrected chi connectivity index (χ3v) is 15.7. The Morgan fingerprint density at radius 2 is 1.20 bits per heavy atom. The van der Waals surface area contributed by atoms with Gasteiger partial charge in [-0.25, -0.2) is 4.79 Å². The minimum absolute atomic E-state index is 0.0569. The maximum Gasteiger partial charge on any atom is 0.340 e. The first-order valence-electron chi connectivity index (χ1n) is 29.4. The van der Waals surface area contributed by atoms with E-state index in [1.807, 2.05) is 6.07 Å². The van der Waals surface area contributed by atoms with Gasteiger partial charge in [0.2, 0.25) is 35.4 Å². The topological polar surface area (TPSA) is 315 Å². The summed E-state index contributed by atoms with van der Waals surface area (Å²) in [7, 11) is 0. The van der Waals surface area contributed by atoms with Crippen LogP contribution in [0.2, 0.25) is 0 Å². The summed E-state index contributed by atoms with van der Waals surface area (Å²) >= 11 is 0. The summed E-state index contributed by atoms with van der Waals surface area (Å²) < 4.78 is 23.4. The molecule has 1 aliphatic carbocycles. The van der Waals surface area contributed by atoms with Crippen LogP contribution < -0.4 is 42.0 Å². The second kappa shape index (κ2) is 29.1. The van der Waals surface area contributed by atoms with Crippen LogP contribution >= 0.6 is 0 Å². The van der Waals surface area contributed by atoms with Crippen LogP contribution in [-0.2, 0) is 55.0 Å². The van der Waals surface area contributed by atoms with E-state index in [2.05, 4.69) is 37.2 Å². The standard InChI is InChI=1S/C65H71N7O15/c1-39-59(78)71-53(34-40-10-4-2-5-11-40)63(82)72-52(35-41-15-17-43(18-16-41)58(77)42-12-6-3-7-13-42)62(81)66-27-9-8-14-51(70-57(76)26-25-56(75)69-39)61(80)68-29-31-85-33-32-84-30-28-67-60(79)44-19-22-48-47(36-44)64(83)87-65(48)49-23-20-45(73)37-54(49)86-55-38-46(74)21-24-50(55)65/h3,6-7,12-13,15-26,36-40,51-53,73-74H,2,4-5,8-11,14,27-35H2,1H3,(H,66,81)(H,67,79)(H,68,80)(H,69,75)(H,70,76)(H,71,78)(H,72,82)/b26-25+/t39-,51?,52?,53-/m0/s1. The molecule has 87 heavy (non-hydrogen) atoms. The highest BCUT2D eigenvalue weighted by atomic mass is 16.6. The molecule has 9 rings (SSSR count). The highest BCUT2D eigenvalue weighted by Crippen LogP contribution is 2.57. The van der Waals surface area contributed by atoms with Crippen LogP contribution in [0.5, 0.6) is 23.0 Å². The van der Waals surface area contributed by atoms with Crippen LogP contribution in [0.25, 0.3) is 0 Å². The predicted octanol–water partition coefficient (Wildman–Crippen LogP) is 4.80. The number of nitrogens with one attached hydrogen (secondary N) is 7. The van der Waals surface area contributed by atoms with E-state index in [0.717, 1.165) is 44.3 Å². The number of fused-ring (bicyclic) bond motifs is 6. The zero-order valence-corrected chi connectivity index (χ0v) is 48.2. The maximum atomic E-state index is 14.2. The van der Waals surface area contributed by atoms with Gasteiger partial charge >= 0.3 is 5.97 Å². The smallest absolute Gasteiger partial charge is 0.340 e. The highest BCUT2D eigenvalue weighted by molar-refractivity contribution is 6.09. The predicted molar refractivity (Wildman–Crippen MR) is 316 cm³/mol. The molecule has 22 heteroatoms. The summed E-state index contributed by atoms with van der Waals surface area (Å²) in [4.78, 5) is 121. The number of carbonyl (C=O) groups excluding carboxylic acids is 9. The molecule has 0 radical (unpaired) electrons. The van der Waals surface area contributed by atoms with Gasteiger partial charge in [0.05, 0.1) is 32.0 Å². The number of carbonyl (C=O) groups is 9. The van der Waals surface area contributed by atoms with Gasteiger partial charge in [-0.2, -0.15) is 0 Å². The van der Waals surface area contributed by atoms with E-state index in [-0.39, 0.29) is 105 Å². The molecule has 0 saturated heterocycles. The number of hydrogen-bond donors (Lipinski definition) is 9. The zero-order chi connectivity index (χ0) is 61.5. The summed E-state index contributed by atoms with van der Waals surface area (Å²) in [5.74, 6) is -4.61. The molecule has 5 aromatic rings. The Morgan fingerprint density at radius 3 is 1.87 bits per heavy atom. The van der Waals surface area contributed by atoms with Gasteiger partial charge in [-0.3, -0.25) is 38.4 Å². The number of aromatic hydroxyl groups is 2. The van der Waals surface area contributed by atoms with E-state index in [9.17, 15) is 53.4 Å². The van der Waals surface area contributed by atoms with Crippen LogP contribution in [0, 0.1) is 5.92 Å². The molecule has 3 heterocycles. The van der Waals surface area contributed by atoms with Crippen molar-refractivity contribution in [1.82, 2.24) is 37.2 Å². The number of esters is 1. The molecule has 0 bridgehead atoms. The second-order valence-electron chi connectivity index (χ2n) is 21.9. The fourth-order valence-electron chi connectivity index (χ4n) is 11.2. The van der Waals surface area contributed by atoms with Crippen LogP contribution in [0.4, 0.5) is 0 Å². The van der Waals surface area contributed by atoms with Gasteiger partial charge < -0.3 is 66.4 Å². The van der Waals surface area contributed by atoms with E-state index in [1.165, 1.54) is 37.3 Å². The summed E-state index contributed by atoms with van der Waals surface area (Å²) in [5, 5.41) is 39.7. The second-order valence-corrected chi connectivity index (χ2v) is 21.9. The minimum Gasteiger partial charge on any atom is -0.508 e. The molecule has 1 spiro atoms. The largest absolute Gasteiger partial charge is 0.508 e. The number of phenolic OH excluding ortho intramolecular Hbond substituents is 2. The molecule has 1 saturated carbocycles. The molecule has 7 amide bonds. The highest BCUT2D eigenvalue weighted by Gasteiger charge is 2.54. The maximum absolute atomic E-state index is 14.2. The van der Waals surface area contributed by atoms with Gasteiger partial charge in [0.15, 0.2) is 11.4 Å². The first-order valence-corrected chi connectivity index (χ1v) is 29.4. The molecule has 22 nitrogen and oxygen atoms in total. The van der Waals surface area contributed by atoms with E-state index in [1.54, 1.807) is 72.8 Å². The number of ether oxygens (including phenoxy) is 4. The van der Waals surface area contributed by atoms with Crippen molar-refractivity contribution in [3.63, 3.8) is 0 Å². The Bertz CT molecular complexity index is 3350. The van der Waals surface area contributed by atoms with Crippen molar-refractivity contribution in [3.05, 3.63) is 166 Å². The monoisotopic (exact) mass is 1190 g/mol. The molecule has 5 aromatic carbocycles. The summed E-state index contributed by atoms with van der Waals surface area (Å²) in [6, 6.07) is 24.8. The third kappa shape index (κ3) is 15.7. The van der Waals surface area contributed by atoms with Crippen molar-refractivity contribution in [3.8, 4) is 23.0 Å². The number of ketones is 1. The average molecular weight is 1190 g/mol. The summed E-state index contributed by atoms with van der Waals surface area (Å²) in [6.45, 7) is 2.27. The van der Waals surface area contributed by atoms with Crippen LogP contribution in [-0.4, -0.2) is 134 Å². The zero-order valence-electron chi connectivity index (χ0n) is 48.2. The Labute approximate surface area is 502 Å². The van der Waals surface area contributed by atoms with Gasteiger partial charge in [0, 0.05) is 83.7 Å². The quantitative estimate of drug-likeness (QED) is 0.0343. The molecule has 3 aliphatic heterocycles. The number of rotatable bonds is 17. The lowest BCUT2D eigenvalue weighted by atomic mass is 9.77. The fourth-order valence-corrected chi connectivity index (χ4v) is 11.2. The number of benzene rings is 5. The van der Waals surface area contributed by atoms with Gasteiger partial charge in [0.1, 0.15) is 47.2 Å². The average Bonchev–Trinajstić information content (AvgIpc) is 1.63. The number of amides is 7. The number of hydrogen-bond acceptors (Lipinski definition) is 15. The molecular weight excluding hydrogens is 1120 g/mol. The van der Waals surface area contributed by atoms with E-state index < -0.39 is 77.1 Å². The van der Waals surface area contributed by atoms with E-state index in [4.69, 9.17) is 18.9 Å². The van der Waals surface area contributed by atoms with Gasteiger partial charge in [0.25, 0.3) is 5.91 Å². The minimum atomic E-state index is -1.47. The Morgan fingerprint density at radius 1 is 0.598 bits per heavy atom. The van der Waals surface area contributed by atoms with Crippen molar-refractivity contribution in [2.45, 2.75) is 101 Å². The summed E-state index contributed by atoms with van der Waals surface area (Å²) in [5.41, 5.74) is 1.88. The lowest BCUT2D eigenvalue weighted by molar-refractivity contribution is -0.133. The van der Waals surface area contributed by atoms with Crippen LogP contribution in [0.3, 0.4) is 0 Å². The fraction of sp³-hybridized carbons (Fsp3) is 0.369. The van der Waals surface area contributed by atoms with Crippen molar-refractivity contribution in [2.24, 2.45) is 5.92 Å². The molecule has 0 aromatic heterocycles. The third-order valence-electron chi connectivity index (χ3n) is 15.7. The Kier molecular flexibility index (Phi) is 20.8. The lowest BCUT2D eigenvalue weighted by Gasteiger charge is -2.36. The molecular formula is C65H71N7O15. The molecule has 4 aliphatic rings. The van der Waals surface area contributed by atoms with Crippen molar-refractivity contribution >= 4 is 53.1 Å².